The van der Waals surface area contributed by atoms with E-state index in [9.17, 15) is 8.42 Å². The van der Waals surface area contributed by atoms with Gasteiger partial charge >= 0.3 is 0 Å². The van der Waals surface area contributed by atoms with Crippen LogP contribution in [0.5, 0.6) is 0 Å². The molecule has 1 atom stereocenters. The van der Waals surface area contributed by atoms with E-state index in [1.807, 2.05) is 6.92 Å². The normalized spacial score (nSPS) is 13.7. The van der Waals surface area contributed by atoms with E-state index in [-0.39, 0.29) is 5.75 Å². The van der Waals surface area contributed by atoms with Gasteiger partial charge in [-0.05, 0) is 25.8 Å². The molecule has 0 aliphatic heterocycles. The number of aliphatic imine (C=N–C) groups is 1. The van der Waals surface area contributed by atoms with Gasteiger partial charge in [-0.2, -0.15) is 0 Å². The number of sulfone groups is 1. The van der Waals surface area contributed by atoms with Crippen molar-refractivity contribution >= 4 is 15.8 Å². The molecule has 1 aromatic rings. The number of nitrogens with zero attached hydrogens (tertiary/aromatic N) is 1. The Labute approximate surface area is 140 Å². The molecule has 0 spiro atoms. The maximum atomic E-state index is 11.1. The first-order valence-electron chi connectivity index (χ1n) is 8.08. The summed E-state index contributed by atoms with van der Waals surface area (Å²) in [4.78, 5) is 4.59. The third-order valence-corrected chi connectivity index (χ3v) is 4.53. The maximum absolute atomic E-state index is 11.1. The first-order chi connectivity index (χ1) is 10.8. The van der Waals surface area contributed by atoms with E-state index in [0.717, 1.165) is 12.5 Å². The van der Waals surface area contributed by atoms with Crippen LogP contribution in [0.15, 0.2) is 29.3 Å². The summed E-state index contributed by atoms with van der Waals surface area (Å²) in [7, 11) is -2.90. The lowest BCUT2D eigenvalue weighted by molar-refractivity contribution is 0.598. The predicted octanol–water partition coefficient (Wildman–Crippen LogP) is 2.09. The lowest BCUT2D eigenvalue weighted by Gasteiger charge is -2.14. The molecule has 1 unspecified atom stereocenters. The molecule has 0 aliphatic carbocycles. The van der Waals surface area contributed by atoms with Crippen molar-refractivity contribution in [1.82, 2.24) is 10.6 Å². The van der Waals surface area contributed by atoms with Gasteiger partial charge in [-0.25, -0.2) is 8.42 Å². The summed E-state index contributed by atoms with van der Waals surface area (Å²) in [6, 6.07) is 8.51. The molecule has 5 nitrogen and oxygen atoms in total. The van der Waals surface area contributed by atoms with E-state index in [0.29, 0.717) is 25.4 Å². The molecule has 1 rings (SSSR count). The van der Waals surface area contributed by atoms with Crippen molar-refractivity contribution in [2.45, 2.75) is 33.1 Å². The molecule has 0 aliphatic rings. The summed E-state index contributed by atoms with van der Waals surface area (Å²) in [5.41, 5.74) is 2.53. The molecule has 0 saturated heterocycles. The minimum Gasteiger partial charge on any atom is -0.357 e. The lowest BCUT2D eigenvalue weighted by atomic mass is 10.0. The standard InChI is InChI=1S/C17H29N3O2S/c1-5-18-17(19-11-6-12-23(4,21)22)20-13-15(3)16-9-7-14(2)8-10-16/h7-10,15H,5-6,11-13H2,1-4H3,(H2,18,19,20). The van der Waals surface area contributed by atoms with Gasteiger partial charge in [0.2, 0.25) is 0 Å². The Morgan fingerprint density at radius 3 is 2.43 bits per heavy atom. The van der Waals surface area contributed by atoms with Crippen molar-refractivity contribution in [2.75, 3.05) is 31.6 Å². The van der Waals surface area contributed by atoms with E-state index < -0.39 is 9.84 Å². The second-order valence-electron chi connectivity index (χ2n) is 5.94. The summed E-state index contributed by atoms with van der Waals surface area (Å²) >= 11 is 0. The topological polar surface area (TPSA) is 70.6 Å². The van der Waals surface area contributed by atoms with Crippen LogP contribution in [0.2, 0.25) is 0 Å². The Bertz CT molecular complexity index is 595. The van der Waals surface area contributed by atoms with Crippen LogP contribution in [0.3, 0.4) is 0 Å². The molecule has 0 saturated carbocycles. The third kappa shape index (κ3) is 8.59. The summed E-state index contributed by atoms with van der Waals surface area (Å²) in [6.45, 7) is 8.30. The van der Waals surface area contributed by atoms with E-state index in [1.54, 1.807) is 0 Å². The highest BCUT2D eigenvalue weighted by molar-refractivity contribution is 7.90. The minimum atomic E-state index is -2.90. The minimum absolute atomic E-state index is 0.194. The first kappa shape index (κ1) is 19.5. The Hall–Kier alpha value is -1.56. The number of rotatable bonds is 8. The molecule has 0 bridgehead atoms. The van der Waals surface area contributed by atoms with E-state index >= 15 is 0 Å². The Morgan fingerprint density at radius 2 is 1.87 bits per heavy atom. The van der Waals surface area contributed by atoms with Gasteiger partial charge in [0.25, 0.3) is 0 Å². The van der Waals surface area contributed by atoms with Crippen LogP contribution in [-0.4, -0.2) is 46.0 Å². The smallest absolute Gasteiger partial charge is 0.191 e. The summed E-state index contributed by atoms with van der Waals surface area (Å²) in [5.74, 6) is 1.26. The number of guanidine groups is 1. The Balaban J connectivity index is 2.51. The molecule has 0 amide bonds. The number of hydrogen-bond acceptors (Lipinski definition) is 3. The maximum Gasteiger partial charge on any atom is 0.191 e. The average Bonchev–Trinajstić information content (AvgIpc) is 2.48. The molecule has 0 heterocycles. The monoisotopic (exact) mass is 339 g/mol. The van der Waals surface area contributed by atoms with Crippen LogP contribution < -0.4 is 10.6 Å². The van der Waals surface area contributed by atoms with Gasteiger partial charge in [0.1, 0.15) is 9.84 Å². The number of hydrogen-bond donors (Lipinski definition) is 2. The van der Waals surface area contributed by atoms with Gasteiger partial charge in [-0.3, -0.25) is 4.99 Å². The fraction of sp³-hybridized carbons (Fsp3) is 0.588. The van der Waals surface area contributed by atoms with Crippen molar-refractivity contribution < 1.29 is 8.42 Å². The van der Waals surface area contributed by atoms with E-state index in [1.165, 1.54) is 17.4 Å². The fourth-order valence-corrected chi connectivity index (χ4v) is 2.78. The van der Waals surface area contributed by atoms with Gasteiger partial charge in [0, 0.05) is 31.8 Å². The van der Waals surface area contributed by atoms with Crippen LogP contribution in [-0.2, 0) is 9.84 Å². The van der Waals surface area contributed by atoms with Gasteiger partial charge in [0.15, 0.2) is 5.96 Å². The molecule has 2 N–H and O–H groups in total. The fourth-order valence-electron chi connectivity index (χ4n) is 2.11. The van der Waals surface area contributed by atoms with Crippen LogP contribution in [0.1, 0.15) is 37.3 Å². The largest absolute Gasteiger partial charge is 0.357 e. The summed E-state index contributed by atoms with van der Waals surface area (Å²) in [6.07, 6.45) is 1.84. The SMILES string of the molecule is CCNC(=NCC(C)c1ccc(C)cc1)NCCCS(C)(=O)=O. The zero-order valence-corrected chi connectivity index (χ0v) is 15.4. The van der Waals surface area contributed by atoms with Crippen molar-refractivity contribution in [2.24, 2.45) is 4.99 Å². The highest BCUT2D eigenvalue weighted by atomic mass is 32.2. The predicted molar refractivity (Wildman–Crippen MR) is 97.9 cm³/mol. The number of aryl methyl sites for hydroxylation is 1. The van der Waals surface area contributed by atoms with E-state index in [4.69, 9.17) is 0 Å². The van der Waals surface area contributed by atoms with Gasteiger partial charge < -0.3 is 10.6 Å². The Kier molecular flexibility index (Phi) is 8.09. The highest BCUT2D eigenvalue weighted by Crippen LogP contribution is 2.15. The second-order valence-corrected chi connectivity index (χ2v) is 8.20. The van der Waals surface area contributed by atoms with Crippen molar-refractivity contribution in [3.63, 3.8) is 0 Å². The van der Waals surface area contributed by atoms with Crippen LogP contribution >= 0.6 is 0 Å². The van der Waals surface area contributed by atoms with Crippen molar-refractivity contribution in [3.8, 4) is 0 Å². The molecule has 130 valence electrons. The first-order valence-corrected chi connectivity index (χ1v) is 10.1. The molecular formula is C17H29N3O2S. The van der Waals surface area contributed by atoms with Gasteiger partial charge in [-0.15, -0.1) is 0 Å². The zero-order valence-electron chi connectivity index (χ0n) is 14.6. The third-order valence-electron chi connectivity index (χ3n) is 3.50. The number of nitrogens with one attached hydrogen (secondary N) is 2. The van der Waals surface area contributed by atoms with E-state index in [2.05, 4.69) is 53.7 Å². The second kappa shape index (κ2) is 9.55. The molecule has 0 aromatic heterocycles. The van der Waals surface area contributed by atoms with Crippen molar-refractivity contribution in [3.05, 3.63) is 35.4 Å². The quantitative estimate of drug-likeness (QED) is 0.432. The molecule has 1 aromatic carbocycles. The molecule has 0 fully saturated rings. The zero-order chi connectivity index (χ0) is 17.3. The average molecular weight is 340 g/mol. The van der Waals surface area contributed by atoms with Crippen LogP contribution in [0.4, 0.5) is 0 Å². The van der Waals surface area contributed by atoms with Crippen LogP contribution in [0.25, 0.3) is 0 Å². The number of benzene rings is 1. The summed E-state index contributed by atoms with van der Waals surface area (Å²) < 4.78 is 22.2. The van der Waals surface area contributed by atoms with Crippen LogP contribution in [0, 0.1) is 6.92 Å². The highest BCUT2D eigenvalue weighted by Gasteiger charge is 2.06. The lowest BCUT2D eigenvalue weighted by Crippen LogP contribution is -2.38. The molecule has 6 heteroatoms. The Morgan fingerprint density at radius 1 is 1.22 bits per heavy atom. The van der Waals surface area contributed by atoms with Gasteiger partial charge in [0.05, 0.1) is 5.75 Å². The van der Waals surface area contributed by atoms with Crippen molar-refractivity contribution in [1.29, 1.82) is 0 Å². The molecule has 23 heavy (non-hydrogen) atoms. The summed E-state index contributed by atoms with van der Waals surface area (Å²) in [5, 5.41) is 6.37. The molecular weight excluding hydrogens is 310 g/mol. The molecule has 0 radical (unpaired) electrons. The van der Waals surface area contributed by atoms with Gasteiger partial charge in [-0.1, -0.05) is 36.8 Å².